The van der Waals surface area contributed by atoms with Crippen molar-refractivity contribution in [1.82, 2.24) is 0 Å². The molecule has 0 amide bonds. The largest absolute Gasteiger partial charge is 0.508 e. The highest BCUT2D eigenvalue weighted by molar-refractivity contribution is 5.50. The fraction of sp³-hybridized carbons (Fsp3) is 0.333. The van der Waals surface area contributed by atoms with Crippen LogP contribution in [0.3, 0.4) is 0 Å². The van der Waals surface area contributed by atoms with Crippen LogP contribution < -0.4 is 10.5 Å². The lowest BCUT2D eigenvalue weighted by atomic mass is 10.3. The van der Waals surface area contributed by atoms with E-state index < -0.39 is 4.92 Å². The summed E-state index contributed by atoms with van der Waals surface area (Å²) in [6.07, 6.45) is 0.604. The molecule has 1 aromatic carbocycles. The summed E-state index contributed by atoms with van der Waals surface area (Å²) in [6, 6.07) is 3.66. The Labute approximate surface area is 86.4 Å². The molecule has 1 aromatic rings. The molecule has 0 bridgehead atoms. The van der Waals surface area contributed by atoms with Gasteiger partial charge in [0.1, 0.15) is 5.75 Å². The normalized spacial score (nSPS) is 9.93. The number of phenols is 1. The minimum Gasteiger partial charge on any atom is -0.508 e. The average Bonchev–Trinajstić information content (AvgIpc) is 2.18. The average molecular weight is 212 g/mol. The van der Waals surface area contributed by atoms with Gasteiger partial charge in [-0.1, -0.05) is 0 Å². The van der Waals surface area contributed by atoms with Crippen molar-refractivity contribution < 1.29 is 14.8 Å². The maximum absolute atomic E-state index is 10.6. The summed E-state index contributed by atoms with van der Waals surface area (Å²) in [5.41, 5.74) is 5.09. The predicted octanol–water partition coefficient (Wildman–Crippen LogP) is 1.03. The van der Waals surface area contributed by atoms with Crippen molar-refractivity contribution in [2.45, 2.75) is 6.42 Å². The number of nitrogens with two attached hydrogens (primary N) is 1. The van der Waals surface area contributed by atoms with Gasteiger partial charge >= 0.3 is 5.69 Å². The Balaban J connectivity index is 2.82. The molecule has 0 spiro atoms. The van der Waals surface area contributed by atoms with Gasteiger partial charge in [0.2, 0.25) is 5.75 Å². The number of hydrogen-bond donors (Lipinski definition) is 2. The molecule has 6 heteroatoms. The second-order valence-electron chi connectivity index (χ2n) is 2.90. The Bertz CT molecular complexity index is 354. The van der Waals surface area contributed by atoms with Gasteiger partial charge in [-0.2, -0.15) is 0 Å². The van der Waals surface area contributed by atoms with E-state index in [1.165, 1.54) is 18.2 Å². The smallest absolute Gasteiger partial charge is 0.311 e. The number of nitro groups is 1. The summed E-state index contributed by atoms with van der Waals surface area (Å²) in [6.45, 7) is 0.743. The molecule has 3 N–H and O–H groups in total. The van der Waals surface area contributed by atoms with E-state index in [-0.39, 0.29) is 17.2 Å². The summed E-state index contributed by atoms with van der Waals surface area (Å²) in [5.74, 6) is -0.00296. The predicted molar refractivity (Wildman–Crippen MR) is 53.9 cm³/mol. The first-order chi connectivity index (χ1) is 7.15. The number of benzene rings is 1. The molecule has 0 aliphatic carbocycles. The molecule has 0 saturated carbocycles. The first kappa shape index (κ1) is 11.3. The van der Waals surface area contributed by atoms with Crippen molar-refractivity contribution in [3.63, 3.8) is 0 Å². The van der Waals surface area contributed by atoms with Crippen LogP contribution in [0.15, 0.2) is 18.2 Å². The topological polar surface area (TPSA) is 98.6 Å². The monoisotopic (exact) mass is 212 g/mol. The van der Waals surface area contributed by atoms with Crippen LogP contribution in [0.4, 0.5) is 5.69 Å². The van der Waals surface area contributed by atoms with Crippen LogP contribution in [-0.2, 0) is 0 Å². The molecular formula is C9H12N2O4. The Morgan fingerprint density at radius 2 is 2.27 bits per heavy atom. The summed E-state index contributed by atoms with van der Waals surface area (Å²) in [7, 11) is 0. The van der Waals surface area contributed by atoms with Gasteiger partial charge in [0, 0.05) is 12.1 Å². The number of nitrogens with zero attached hydrogens (tertiary/aromatic N) is 1. The Morgan fingerprint density at radius 1 is 1.53 bits per heavy atom. The second kappa shape index (κ2) is 5.16. The zero-order chi connectivity index (χ0) is 11.3. The minimum atomic E-state index is -0.558. The highest BCUT2D eigenvalue weighted by Gasteiger charge is 2.15. The van der Waals surface area contributed by atoms with Gasteiger partial charge in [0.25, 0.3) is 0 Å². The zero-order valence-corrected chi connectivity index (χ0v) is 8.05. The van der Waals surface area contributed by atoms with Gasteiger partial charge in [-0.25, -0.2) is 0 Å². The van der Waals surface area contributed by atoms with Crippen molar-refractivity contribution >= 4 is 5.69 Å². The summed E-state index contributed by atoms with van der Waals surface area (Å²) in [5, 5.41) is 19.7. The fourth-order valence-corrected chi connectivity index (χ4v) is 1.03. The minimum absolute atomic E-state index is 0.0634. The summed E-state index contributed by atoms with van der Waals surface area (Å²) < 4.78 is 5.14. The first-order valence-corrected chi connectivity index (χ1v) is 4.45. The maximum atomic E-state index is 10.6. The zero-order valence-electron chi connectivity index (χ0n) is 8.05. The van der Waals surface area contributed by atoms with Gasteiger partial charge in [-0.15, -0.1) is 0 Å². The number of rotatable bonds is 5. The van der Waals surface area contributed by atoms with E-state index in [0.717, 1.165) is 0 Å². The molecular weight excluding hydrogens is 200 g/mol. The van der Waals surface area contributed by atoms with Crippen LogP contribution in [-0.4, -0.2) is 23.2 Å². The van der Waals surface area contributed by atoms with Crippen LogP contribution in [0.1, 0.15) is 6.42 Å². The molecule has 82 valence electrons. The molecule has 0 aliphatic rings. The standard InChI is InChI=1S/C9H12N2O4/c10-4-1-5-15-9-6-7(12)2-3-8(9)11(13)14/h2-3,6,12H,1,4-5,10H2. The first-order valence-electron chi connectivity index (χ1n) is 4.45. The van der Waals surface area contributed by atoms with Gasteiger partial charge in [-0.3, -0.25) is 10.1 Å². The number of aromatic hydroxyl groups is 1. The van der Waals surface area contributed by atoms with Crippen LogP contribution >= 0.6 is 0 Å². The van der Waals surface area contributed by atoms with E-state index in [1.54, 1.807) is 0 Å². The molecule has 0 atom stereocenters. The van der Waals surface area contributed by atoms with Crippen LogP contribution in [0, 0.1) is 10.1 Å². The Kier molecular flexibility index (Phi) is 3.87. The van der Waals surface area contributed by atoms with Crippen molar-refractivity contribution in [1.29, 1.82) is 0 Å². The van der Waals surface area contributed by atoms with Crippen LogP contribution in [0.25, 0.3) is 0 Å². The number of hydrogen-bond acceptors (Lipinski definition) is 5. The van der Waals surface area contributed by atoms with Gasteiger partial charge in [-0.05, 0) is 19.0 Å². The Hall–Kier alpha value is -1.82. The SMILES string of the molecule is NCCCOc1cc(O)ccc1[N+](=O)[O-]. The molecule has 0 fully saturated rings. The van der Waals surface area contributed by atoms with E-state index in [4.69, 9.17) is 15.6 Å². The van der Waals surface area contributed by atoms with E-state index >= 15 is 0 Å². The van der Waals surface area contributed by atoms with Gasteiger partial charge in [0.15, 0.2) is 0 Å². The quantitative estimate of drug-likeness (QED) is 0.431. The molecule has 15 heavy (non-hydrogen) atoms. The highest BCUT2D eigenvalue weighted by Crippen LogP contribution is 2.30. The van der Waals surface area contributed by atoms with E-state index in [2.05, 4.69) is 0 Å². The third-order valence-electron chi connectivity index (χ3n) is 1.75. The summed E-state index contributed by atoms with van der Waals surface area (Å²) >= 11 is 0. The van der Waals surface area contributed by atoms with Crippen molar-refractivity contribution in [2.24, 2.45) is 5.73 Å². The lowest BCUT2D eigenvalue weighted by Gasteiger charge is -2.05. The molecule has 0 aliphatic heterocycles. The van der Waals surface area contributed by atoms with Crippen LogP contribution in [0.2, 0.25) is 0 Å². The molecule has 6 nitrogen and oxygen atoms in total. The lowest BCUT2D eigenvalue weighted by molar-refractivity contribution is -0.385. The number of nitro benzene ring substituents is 1. The van der Waals surface area contributed by atoms with E-state index in [1.807, 2.05) is 0 Å². The molecule has 0 saturated heterocycles. The van der Waals surface area contributed by atoms with Gasteiger partial charge < -0.3 is 15.6 Å². The molecule has 0 aromatic heterocycles. The van der Waals surface area contributed by atoms with E-state index in [9.17, 15) is 10.1 Å². The maximum Gasteiger partial charge on any atom is 0.311 e. The third-order valence-corrected chi connectivity index (χ3v) is 1.75. The van der Waals surface area contributed by atoms with Crippen molar-refractivity contribution in [3.05, 3.63) is 28.3 Å². The molecule has 0 unspecified atom stereocenters. The molecule has 0 radical (unpaired) electrons. The third kappa shape index (κ3) is 3.10. The second-order valence-corrected chi connectivity index (χ2v) is 2.90. The fourth-order valence-electron chi connectivity index (χ4n) is 1.03. The van der Waals surface area contributed by atoms with Crippen molar-refractivity contribution in [3.8, 4) is 11.5 Å². The number of ether oxygens (including phenoxy) is 1. The van der Waals surface area contributed by atoms with Crippen molar-refractivity contribution in [2.75, 3.05) is 13.2 Å². The molecule has 1 rings (SSSR count). The summed E-state index contributed by atoms with van der Waals surface area (Å²) in [4.78, 5) is 10.0. The Morgan fingerprint density at radius 3 is 2.87 bits per heavy atom. The lowest BCUT2D eigenvalue weighted by Crippen LogP contribution is -2.07. The van der Waals surface area contributed by atoms with E-state index in [0.29, 0.717) is 19.6 Å². The van der Waals surface area contributed by atoms with Gasteiger partial charge in [0.05, 0.1) is 11.5 Å². The molecule has 0 heterocycles. The highest BCUT2D eigenvalue weighted by atomic mass is 16.6. The van der Waals surface area contributed by atoms with Crippen LogP contribution in [0.5, 0.6) is 11.5 Å². The number of phenolic OH excluding ortho intramolecular Hbond substituents is 1.